The summed E-state index contributed by atoms with van der Waals surface area (Å²) in [5.74, 6) is -1.05. The first-order valence-corrected chi connectivity index (χ1v) is 7.26. The van der Waals surface area contributed by atoms with Crippen LogP contribution in [0.5, 0.6) is 0 Å². The molecule has 2 heterocycles. The molecule has 0 aliphatic heterocycles. The summed E-state index contributed by atoms with van der Waals surface area (Å²) in [6.45, 7) is 0. The van der Waals surface area contributed by atoms with Crippen molar-refractivity contribution in [2.75, 3.05) is 0 Å². The minimum absolute atomic E-state index is 0.0367. The van der Waals surface area contributed by atoms with E-state index < -0.39 is 5.97 Å². The summed E-state index contributed by atoms with van der Waals surface area (Å²) in [6.07, 6.45) is 1.69. The minimum Gasteiger partial charge on any atom is -0.476 e. The predicted octanol–water partition coefficient (Wildman–Crippen LogP) is 3.66. The number of hydrogen-bond donors (Lipinski definition) is 2. The van der Waals surface area contributed by atoms with E-state index in [0.29, 0.717) is 10.2 Å². The Morgan fingerprint density at radius 1 is 1.30 bits per heavy atom. The molecule has 0 aliphatic rings. The van der Waals surface area contributed by atoms with Gasteiger partial charge in [-0.05, 0) is 15.9 Å². The van der Waals surface area contributed by atoms with Gasteiger partial charge in [-0.3, -0.25) is 5.10 Å². The number of carbonyl (C=O) groups is 1. The lowest BCUT2D eigenvalue weighted by molar-refractivity contribution is 0.0689. The highest BCUT2D eigenvalue weighted by Crippen LogP contribution is 2.35. The summed E-state index contributed by atoms with van der Waals surface area (Å²) in [5.41, 5.74) is 1.62. The molecule has 3 aromatic rings. The zero-order chi connectivity index (χ0) is 14.1. The van der Waals surface area contributed by atoms with Crippen LogP contribution in [0, 0.1) is 0 Å². The fraction of sp³-hybridized carbons (Fsp3) is 0. The molecule has 0 bridgehead atoms. The molecule has 2 aromatic heterocycles. The van der Waals surface area contributed by atoms with Gasteiger partial charge in [-0.25, -0.2) is 9.78 Å². The first kappa shape index (κ1) is 13.0. The predicted molar refractivity (Wildman–Crippen MR) is 79.8 cm³/mol. The molecule has 0 saturated carbocycles. The molecule has 5 nitrogen and oxygen atoms in total. The van der Waals surface area contributed by atoms with Crippen molar-refractivity contribution in [3.63, 3.8) is 0 Å². The molecule has 100 valence electrons. The maximum Gasteiger partial charge on any atom is 0.355 e. The number of aromatic carboxylic acids is 1. The van der Waals surface area contributed by atoms with Crippen LogP contribution < -0.4 is 0 Å². The molecule has 0 unspecified atom stereocenters. The van der Waals surface area contributed by atoms with Crippen LogP contribution in [-0.2, 0) is 0 Å². The number of benzene rings is 1. The highest BCUT2D eigenvalue weighted by Gasteiger charge is 2.19. The highest BCUT2D eigenvalue weighted by molar-refractivity contribution is 9.10. The van der Waals surface area contributed by atoms with Crippen LogP contribution >= 0.6 is 27.3 Å². The zero-order valence-corrected chi connectivity index (χ0v) is 12.4. The van der Waals surface area contributed by atoms with Crippen LogP contribution in [0.15, 0.2) is 41.0 Å². The standard InChI is InChI=1S/C13H8BrN3O2S/c14-9-10(16-17-11(9)13(18)19)8-6-15-12(20-8)7-4-2-1-3-5-7/h1-6H,(H,16,17)(H,18,19). The van der Waals surface area contributed by atoms with Gasteiger partial charge in [-0.2, -0.15) is 5.10 Å². The molecule has 3 rings (SSSR count). The number of halogens is 1. The summed E-state index contributed by atoms with van der Waals surface area (Å²) in [6, 6.07) is 9.80. The van der Waals surface area contributed by atoms with E-state index in [0.717, 1.165) is 15.4 Å². The number of H-pyrrole nitrogens is 1. The number of carboxylic acid groups (broad SMARTS) is 1. The van der Waals surface area contributed by atoms with Crippen molar-refractivity contribution in [3.05, 3.63) is 46.7 Å². The average Bonchev–Trinajstić information content (AvgIpc) is 3.06. The van der Waals surface area contributed by atoms with E-state index in [1.165, 1.54) is 11.3 Å². The quantitative estimate of drug-likeness (QED) is 0.756. The Labute approximate surface area is 126 Å². The Bertz CT molecular complexity index is 767. The molecular formula is C13H8BrN3O2S. The van der Waals surface area contributed by atoms with Gasteiger partial charge in [0.1, 0.15) is 10.7 Å². The Morgan fingerprint density at radius 3 is 2.70 bits per heavy atom. The molecule has 0 saturated heterocycles. The molecule has 0 aliphatic carbocycles. The lowest BCUT2D eigenvalue weighted by atomic mass is 10.2. The van der Waals surface area contributed by atoms with Gasteiger partial charge in [0.25, 0.3) is 0 Å². The monoisotopic (exact) mass is 349 g/mol. The fourth-order valence-corrected chi connectivity index (χ4v) is 3.34. The van der Waals surface area contributed by atoms with Gasteiger partial charge in [0.05, 0.1) is 9.35 Å². The Balaban J connectivity index is 2.01. The first-order chi connectivity index (χ1) is 9.66. The Morgan fingerprint density at radius 2 is 2.05 bits per heavy atom. The third-order valence-corrected chi connectivity index (χ3v) is 4.51. The number of aromatic amines is 1. The summed E-state index contributed by atoms with van der Waals surface area (Å²) in [4.78, 5) is 16.1. The highest BCUT2D eigenvalue weighted by atomic mass is 79.9. The van der Waals surface area contributed by atoms with Crippen LogP contribution in [0.1, 0.15) is 10.5 Å². The maximum absolute atomic E-state index is 11.0. The van der Waals surface area contributed by atoms with E-state index in [9.17, 15) is 4.79 Å². The van der Waals surface area contributed by atoms with Gasteiger partial charge in [0.2, 0.25) is 0 Å². The summed E-state index contributed by atoms with van der Waals surface area (Å²) < 4.78 is 0.438. The molecule has 1 aromatic carbocycles. The van der Waals surface area contributed by atoms with Gasteiger partial charge in [0, 0.05) is 11.8 Å². The third kappa shape index (κ3) is 2.25. The molecular weight excluding hydrogens is 342 g/mol. The molecule has 0 atom stereocenters. The van der Waals surface area contributed by atoms with Crippen molar-refractivity contribution in [1.82, 2.24) is 15.2 Å². The van der Waals surface area contributed by atoms with E-state index in [-0.39, 0.29) is 5.69 Å². The second-order valence-corrected chi connectivity index (χ2v) is 5.79. The summed E-state index contributed by atoms with van der Waals surface area (Å²) in [5, 5.41) is 16.4. The molecule has 0 spiro atoms. The molecule has 0 amide bonds. The van der Waals surface area contributed by atoms with Crippen LogP contribution in [0.25, 0.3) is 21.1 Å². The lowest BCUT2D eigenvalue weighted by Crippen LogP contribution is -1.96. The topological polar surface area (TPSA) is 78.9 Å². The van der Waals surface area contributed by atoms with Crippen molar-refractivity contribution in [3.8, 4) is 21.1 Å². The number of carboxylic acids is 1. The first-order valence-electron chi connectivity index (χ1n) is 5.65. The Kier molecular flexibility index (Phi) is 3.37. The van der Waals surface area contributed by atoms with Crippen molar-refractivity contribution >= 4 is 33.2 Å². The van der Waals surface area contributed by atoms with E-state index >= 15 is 0 Å². The van der Waals surface area contributed by atoms with E-state index in [1.807, 2.05) is 30.3 Å². The third-order valence-electron chi connectivity index (χ3n) is 2.68. The summed E-state index contributed by atoms with van der Waals surface area (Å²) in [7, 11) is 0. The normalized spacial score (nSPS) is 10.7. The fourth-order valence-electron chi connectivity index (χ4n) is 1.73. The SMILES string of the molecule is O=C(O)c1[nH]nc(-c2cnc(-c3ccccc3)s2)c1Br. The lowest BCUT2D eigenvalue weighted by Gasteiger charge is -1.93. The van der Waals surface area contributed by atoms with Crippen LogP contribution in [-0.4, -0.2) is 26.3 Å². The largest absolute Gasteiger partial charge is 0.476 e. The van der Waals surface area contributed by atoms with E-state index in [1.54, 1.807) is 6.20 Å². The van der Waals surface area contributed by atoms with Gasteiger partial charge in [0.15, 0.2) is 5.69 Å². The average molecular weight is 350 g/mol. The van der Waals surface area contributed by atoms with Crippen molar-refractivity contribution < 1.29 is 9.90 Å². The van der Waals surface area contributed by atoms with Crippen LogP contribution in [0.4, 0.5) is 0 Å². The number of nitrogens with zero attached hydrogens (tertiary/aromatic N) is 2. The number of thiazole rings is 1. The zero-order valence-electron chi connectivity index (χ0n) is 10.0. The number of hydrogen-bond acceptors (Lipinski definition) is 4. The smallest absolute Gasteiger partial charge is 0.355 e. The van der Waals surface area contributed by atoms with Crippen LogP contribution in [0.2, 0.25) is 0 Å². The van der Waals surface area contributed by atoms with Crippen molar-refractivity contribution in [1.29, 1.82) is 0 Å². The second-order valence-electron chi connectivity index (χ2n) is 3.96. The van der Waals surface area contributed by atoms with Gasteiger partial charge in [-0.15, -0.1) is 11.3 Å². The van der Waals surface area contributed by atoms with Crippen molar-refractivity contribution in [2.24, 2.45) is 0 Å². The molecule has 20 heavy (non-hydrogen) atoms. The number of aromatic nitrogens is 3. The van der Waals surface area contributed by atoms with E-state index in [4.69, 9.17) is 5.11 Å². The minimum atomic E-state index is -1.05. The van der Waals surface area contributed by atoms with Gasteiger partial charge < -0.3 is 5.11 Å². The second kappa shape index (κ2) is 5.18. The van der Waals surface area contributed by atoms with Gasteiger partial charge >= 0.3 is 5.97 Å². The summed E-state index contributed by atoms with van der Waals surface area (Å²) >= 11 is 4.72. The Hall–Kier alpha value is -1.99. The van der Waals surface area contributed by atoms with E-state index in [2.05, 4.69) is 31.1 Å². The number of rotatable bonds is 3. The van der Waals surface area contributed by atoms with Gasteiger partial charge in [-0.1, -0.05) is 30.3 Å². The van der Waals surface area contributed by atoms with Crippen molar-refractivity contribution in [2.45, 2.75) is 0 Å². The van der Waals surface area contributed by atoms with Crippen LogP contribution in [0.3, 0.4) is 0 Å². The molecule has 7 heteroatoms. The number of nitrogens with one attached hydrogen (secondary N) is 1. The molecule has 0 fully saturated rings. The molecule has 0 radical (unpaired) electrons. The molecule has 2 N–H and O–H groups in total. The maximum atomic E-state index is 11.0.